The minimum Gasteiger partial charge on any atom is -0.309 e. The first-order chi connectivity index (χ1) is 11.7. The van der Waals surface area contributed by atoms with Gasteiger partial charge in [-0.1, -0.05) is 43.5 Å². The minimum absolute atomic E-state index is 0.236. The maximum atomic E-state index is 6.43. The lowest BCUT2D eigenvalue weighted by molar-refractivity contribution is 0.159. The lowest BCUT2D eigenvalue weighted by atomic mass is 9.59. The predicted molar refractivity (Wildman–Crippen MR) is 101 cm³/mol. The van der Waals surface area contributed by atoms with E-state index in [2.05, 4.69) is 54.5 Å². The minimum atomic E-state index is 0.236. The Labute approximate surface area is 150 Å². The third-order valence-electron chi connectivity index (χ3n) is 5.54. The third kappa shape index (κ3) is 3.50. The molecule has 0 amide bonds. The number of nitrogens with zero attached hydrogens (tertiary/aromatic N) is 1. The van der Waals surface area contributed by atoms with E-state index in [1.807, 2.05) is 12.4 Å². The van der Waals surface area contributed by atoms with E-state index < -0.39 is 0 Å². The van der Waals surface area contributed by atoms with Crippen LogP contribution in [-0.2, 0) is 12.0 Å². The van der Waals surface area contributed by atoms with Crippen molar-refractivity contribution in [1.29, 1.82) is 0 Å². The van der Waals surface area contributed by atoms with Crippen LogP contribution in [0.5, 0.6) is 0 Å². The molecule has 2 nitrogen and oxygen atoms in total. The summed E-state index contributed by atoms with van der Waals surface area (Å²) in [6.07, 6.45) is 9.92. The van der Waals surface area contributed by atoms with Gasteiger partial charge < -0.3 is 5.32 Å². The number of halogens is 1. The molecule has 1 unspecified atom stereocenters. The molecule has 24 heavy (non-hydrogen) atoms. The first-order valence-electron chi connectivity index (χ1n) is 9.04. The summed E-state index contributed by atoms with van der Waals surface area (Å²) in [4.78, 5) is 4.11. The van der Waals surface area contributed by atoms with Crippen molar-refractivity contribution in [2.45, 2.75) is 64.0 Å². The number of aromatic nitrogens is 1. The molecule has 3 heteroatoms. The van der Waals surface area contributed by atoms with Gasteiger partial charge in [-0.25, -0.2) is 0 Å². The maximum Gasteiger partial charge on any atom is 0.0438 e. The summed E-state index contributed by atoms with van der Waals surface area (Å²) in [7, 11) is 0. The van der Waals surface area contributed by atoms with Gasteiger partial charge in [0.2, 0.25) is 0 Å². The van der Waals surface area contributed by atoms with Crippen molar-refractivity contribution in [3.8, 4) is 0 Å². The van der Waals surface area contributed by atoms with E-state index in [-0.39, 0.29) is 5.41 Å². The highest BCUT2D eigenvalue weighted by Gasteiger charge is 2.44. The average Bonchev–Trinajstić information content (AvgIpc) is 2.56. The van der Waals surface area contributed by atoms with Crippen LogP contribution in [-0.4, -0.2) is 11.0 Å². The molecular formula is C21H27ClN2. The van der Waals surface area contributed by atoms with Gasteiger partial charge in [0.25, 0.3) is 0 Å². The standard InChI is InChI=1S/C21H27ClN2/c1-3-5-20(24-15-17-8-12-23-13-9-17)21(10-4-11-21)18-7-6-16(2)19(22)14-18/h6-9,12-14,20,24H,3-5,10-11,15H2,1-2H3. The van der Waals surface area contributed by atoms with E-state index in [0.717, 1.165) is 17.1 Å². The Hall–Kier alpha value is -1.38. The molecule has 1 atom stereocenters. The zero-order valence-corrected chi connectivity index (χ0v) is 15.4. The van der Waals surface area contributed by atoms with Crippen molar-refractivity contribution in [1.82, 2.24) is 10.3 Å². The van der Waals surface area contributed by atoms with Crippen molar-refractivity contribution in [2.75, 3.05) is 0 Å². The van der Waals surface area contributed by atoms with Crippen LogP contribution in [0.15, 0.2) is 42.7 Å². The van der Waals surface area contributed by atoms with Gasteiger partial charge in [0, 0.05) is 35.4 Å². The summed E-state index contributed by atoms with van der Waals surface area (Å²) in [6.45, 7) is 5.24. The fraction of sp³-hybridized carbons (Fsp3) is 0.476. The van der Waals surface area contributed by atoms with Gasteiger partial charge in [-0.05, 0) is 61.1 Å². The summed E-state index contributed by atoms with van der Waals surface area (Å²) in [5.74, 6) is 0. The Kier molecular flexibility index (Phi) is 5.57. The zero-order valence-electron chi connectivity index (χ0n) is 14.7. The second kappa shape index (κ2) is 7.67. The van der Waals surface area contributed by atoms with Crippen LogP contribution in [0.3, 0.4) is 0 Å². The normalized spacial score (nSPS) is 17.3. The molecule has 1 aromatic carbocycles. The summed E-state index contributed by atoms with van der Waals surface area (Å²) >= 11 is 6.43. The van der Waals surface area contributed by atoms with Crippen LogP contribution in [0.4, 0.5) is 0 Å². The van der Waals surface area contributed by atoms with Crippen molar-refractivity contribution in [2.24, 2.45) is 0 Å². The van der Waals surface area contributed by atoms with Gasteiger partial charge in [-0.2, -0.15) is 0 Å². The SMILES string of the molecule is CCCC(NCc1ccncc1)C1(c2ccc(C)c(Cl)c2)CCC1. The van der Waals surface area contributed by atoms with Gasteiger partial charge in [0.05, 0.1) is 0 Å². The topological polar surface area (TPSA) is 24.9 Å². The predicted octanol–water partition coefficient (Wildman–Crippen LogP) is 5.42. The molecule has 1 fully saturated rings. The Bertz CT molecular complexity index is 665. The molecule has 0 spiro atoms. The Morgan fingerprint density at radius 2 is 1.96 bits per heavy atom. The Morgan fingerprint density at radius 3 is 2.54 bits per heavy atom. The zero-order chi connectivity index (χ0) is 17.0. The van der Waals surface area contributed by atoms with E-state index in [4.69, 9.17) is 11.6 Å². The van der Waals surface area contributed by atoms with Crippen LogP contribution < -0.4 is 5.32 Å². The highest BCUT2D eigenvalue weighted by atomic mass is 35.5. The Morgan fingerprint density at radius 1 is 1.21 bits per heavy atom. The molecule has 1 aliphatic rings. The number of benzene rings is 1. The molecule has 0 bridgehead atoms. The molecule has 2 aromatic rings. The van der Waals surface area contributed by atoms with Crippen LogP contribution in [0, 0.1) is 6.92 Å². The number of pyridine rings is 1. The number of rotatable bonds is 7. The molecule has 0 radical (unpaired) electrons. The van der Waals surface area contributed by atoms with E-state index in [1.165, 1.54) is 43.2 Å². The fourth-order valence-corrected chi connectivity index (χ4v) is 4.08. The quantitative estimate of drug-likeness (QED) is 0.726. The first-order valence-corrected chi connectivity index (χ1v) is 9.42. The van der Waals surface area contributed by atoms with Crippen molar-refractivity contribution in [3.05, 3.63) is 64.4 Å². The molecule has 3 rings (SSSR count). The van der Waals surface area contributed by atoms with Crippen molar-refractivity contribution in [3.63, 3.8) is 0 Å². The van der Waals surface area contributed by atoms with Crippen LogP contribution >= 0.6 is 11.6 Å². The van der Waals surface area contributed by atoms with E-state index in [9.17, 15) is 0 Å². The van der Waals surface area contributed by atoms with E-state index in [0.29, 0.717) is 6.04 Å². The highest BCUT2D eigenvalue weighted by molar-refractivity contribution is 6.31. The number of aryl methyl sites for hydroxylation is 1. The molecule has 128 valence electrons. The average molecular weight is 343 g/mol. The maximum absolute atomic E-state index is 6.43. The van der Waals surface area contributed by atoms with Crippen LogP contribution in [0.25, 0.3) is 0 Å². The molecule has 0 saturated heterocycles. The summed E-state index contributed by atoms with van der Waals surface area (Å²) < 4.78 is 0. The van der Waals surface area contributed by atoms with Crippen molar-refractivity contribution < 1.29 is 0 Å². The van der Waals surface area contributed by atoms with Gasteiger partial charge >= 0.3 is 0 Å². The van der Waals surface area contributed by atoms with Gasteiger partial charge in [0.1, 0.15) is 0 Å². The first kappa shape index (κ1) is 17.4. The largest absolute Gasteiger partial charge is 0.309 e. The highest BCUT2D eigenvalue weighted by Crippen LogP contribution is 2.48. The lowest BCUT2D eigenvalue weighted by Gasteiger charge is -2.49. The van der Waals surface area contributed by atoms with Gasteiger partial charge in [-0.15, -0.1) is 0 Å². The molecule has 0 aliphatic heterocycles. The number of hydrogen-bond donors (Lipinski definition) is 1. The fourth-order valence-electron chi connectivity index (χ4n) is 3.90. The molecule has 1 heterocycles. The second-order valence-electron chi connectivity index (χ2n) is 7.05. The molecule has 1 N–H and O–H groups in total. The molecule has 1 saturated carbocycles. The molecular weight excluding hydrogens is 316 g/mol. The van der Waals surface area contributed by atoms with E-state index >= 15 is 0 Å². The third-order valence-corrected chi connectivity index (χ3v) is 5.95. The number of hydrogen-bond acceptors (Lipinski definition) is 2. The summed E-state index contributed by atoms with van der Waals surface area (Å²) in [6, 6.07) is 11.3. The molecule has 1 aromatic heterocycles. The summed E-state index contributed by atoms with van der Waals surface area (Å²) in [5.41, 5.74) is 4.10. The molecule has 1 aliphatic carbocycles. The van der Waals surface area contributed by atoms with Crippen molar-refractivity contribution >= 4 is 11.6 Å². The van der Waals surface area contributed by atoms with Crippen LogP contribution in [0.2, 0.25) is 5.02 Å². The van der Waals surface area contributed by atoms with E-state index in [1.54, 1.807) is 0 Å². The smallest absolute Gasteiger partial charge is 0.0438 e. The van der Waals surface area contributed by atoms with Crippen LogP contribution in [0.1, 0.15) is 55.7 Å². The Balaban J connectivity index is 1.82. The summed E-state index contributed by atoms with van der Waals surface area (Å²) in [5, 5.41) is 4.73. The second-order valence-corrected chi connectivity index (χ2v) is 7.46. The number of nitrogens with one attached hydrogen (secondary N) is 1. The van der Waals surface area contributed by atoms with Gasteiger partial charge in [0.15, 0.2) is 0 Å². The monoisotopic (exact) mass is 342 g/mol. The lowest BCUT2D eigenvalue weighted by Crippen LogP contribution is -2.52. The van der Waals surface area contributed by atoms with Gasteiger partial charge in [-0.3, -0.25) is 4.98 Å².